The summed E-state index contributed by atoms with van der Waals surface area (Å²) in [6.07, 6.45) is 1.62. The molecule has 2 aromatic carbocycles. The van der Waals surface area contributed by atoms with E-state index in [1.807, 2.05) is 12.1 Å². The van der Waals surface area contributed by atoms with Crippen LogP contribution in [0.4, 0.5) is 5.69 Å². The summed E-state index contributed by atoms with van der Waals surface area (Å²) in [6, 6.07) is 15.3. The molecule has 6 heteroatoms. The summed E-state index contributed by atoms with van der Waals surface area (Å²) in [5.74, 6) is 0. The van der Waals surface area contributed by atoms with Gasteiger partial charge in [-0.1, -0.05) is 41.9 Å². The van der Waals surface area contributed by atoms with Gasteiger partial charge >= 0.3 is 0 Å². The van der Waals surface area contributed by atoms with Gasteiger partial charge in [0.05, 0.1) is 16.2 Å². The number of nitrogens with zero attached hydrogens (tertiary/aromatic N) is 1. The number of rotatable bonds is 3. The minimum atomic E-state index is -3.76. The Balaban J connectivity index is 2.08. The van der Waals surface area contributed by atoms with Gasteiger partial charge in [0.15, 0.2) is 0 Å². The van der Waals surface area contributed by atoms with E-state index in [9.17, 15) is 8.42 Å². The Labute approximate surface area is 127 Å². The Morgan fingerprint density at radius 3 is 2.52 bits per heavy atom. The van der Waals surface area contributed by atoms with Crippen molar-refractivity contribution in [3.63, 3.8) is 0 Å². The number of sulfonamides is 1. The number of hydrogen-bond acceptors (Lipinski definition) is 3. The molecule has 0 saturated heterocycles. The fraction of sp³-hybridized carbons (Fsp3) is 0. The second-order valence-corrected chi connectivity index (χ2v) is 6.47. The molecule has 0 unspecified atom stereocenters. The predicted octanol–water partition coefficient (Wildman–Crippen LogP) is 3.69. The molecule has 0 aliphatic carbocycles. The first-order chi connectivity index (χ1) is 10.1. The number of fused-ring (bicyclic) bond motifs is 1. The van der Waals surface area contributed by atoms with Crippen LogP contribution in [0.1, 0.15) is 0 Å². The highest BCUT2D eigenvalue weighted by Crippen LogP contribution is 2.26. The quantitative estimate of drug-likeness (QED) is 0.801. The van der Waals surface area contributed by atoms with Crippen molar-refractivity contribution in [2.75, 3.05) is 4.72 Å². The van der Waals surface area contributed by atoms with Crippen LogP contribution in [0.3, 0.4) is 0 Å². The molecule has 0 radical (unpaired) electrons. The molecule has 0 fully saturated rings. The van der Waals surface area contributed by atoms with Gasteiger partial charge in [0.1, 0.15) is 4.90 Å². The molecule has 106 valence electrons. The monoisotopic (exact) mass is 318 g/mol. The van der Waals surface area contributed by atoms with Gasteiger partial charge in [-0.3, -0.25) is 9.71 Å². The van der Waals surface area contributed by atoms with Crippen LogP contribution in [-0.4, -0.2) is 13.4 Å². The maximum absolute atomic E-state index is 12.4. The minimum Gasteiger partial charge on any atom is -0.277 e. The summed E-state index contributed by atoms with van der Waals surface area (Å²) in [5.41, 5.74) is 1.02. The lowest BCUT2D eigenvalue weighted by Gasteiger charge is -2.11. The number of anilines is 1. The van der Waals surface area contributed by atoms with Crippen molar-refractivity contribution in [2.45, 2.75) is 4.90 Å². The van der Waals surface area contributed by atoms with Crippen molar-refractivity contribution in [3.05, 3.63) is 65.8 Å². The van der Waals surface area contributed by atoms with E-state index < -0.39 is 10.0 Å². The molecule has 0 aliphatic heterocycles. The number of aromatic nitrogens is 1. The molecule has 1 heterocycles. The van der Waals surface area contributed by atoms with E-state index in [0.29, 0.717) is 11.2 Å². The number of benzene rings is 2. The fourth-order valence-electron chi connectivity index (χ4n) is 2.05. The number of hydrogen-bond donors (Lipinski definition) is 1. The van der Waals surface area contributed by atoms with E-state index in [2.05, 4.69) is 9.71 Å². The van der Waals surface area contributed by atoms with Gasteiger partial charge in [-0.25, -0.2) is 8.42 Å². The van der Waals surface area contributed by atoms with Crippen LogP contribution in [0.5, 0.6) is 0 Å². The van der Waals surface area contributed by atoms with Crippen molar-refractivity contribution in [3.8, 4) is 0 Å². The molecule has 0 aliphatic rings. The molecule has 0 amide bonds. The van der Waals surface area contributed by atoms with Gasteiger partial charge in [0.25, 0.3) is 10.0 Å². The van der Waals surface area contributed by atoms with Crippen molar-refractivity contribution in [1.29, 1.82) is 0 Å². The van der Waals surface area contributed by atoms with Crippen molar-refractivity contribution >= 4 is 38.2 Å². The van der Waals surface area contributed by atoms with Crippen LogP contribution in [0.2, 0.25) is 5.02 Å². The van der Waals surface area contributed by atoms with Crippen LogP contribution in [-0.2, 0) is 10.0 Å². The molecular formula is C15H11ClN2O2S. The molecule has 1 aromatic heterocycles. The van der Waals surface area contributed by atoms with Gasteiger partial charge in [-0.2, -0.15) is 0 Å². The number of para-hydroxylation sites is 1. The summed E-state index contributed by atoms with van der Waals surface area (Å²) < 4.78 is 27.4. The molecule has 21 heavy (non-hydrogen) atoms. The first-order valence-electron chi connectivity index (χ1n) is 6.19. The van der Waals surface area contributed by atoms with E-state index in [-0.39, 0.29) is 9.92 Å². The van der Waals surface area contributed by atoms with Crippen LogP contribution in [0, 0.1) is 0 Å². The Hall–Kier alpha value is -2.11. The summed E-state index contributed by atoms with van der Waals surface area (Å²) in [6.45, 7) is 0. The maximum atomic E-state index is 12.4. The third-order valence-corrected chi connectivity index (χ3v) is 4.87. The molecule has 0 spiro atoms. The Morgan fingerprint density at radius 1 is 0.952 bits per heavy atom. The fourth-order valence-corrected chi connectivity index (χ4v) is 3.64. The SMILES string of the molecule is O=S(=O)(Nc1cccc2cccnc12)c1ccccc1Cl. The molecule has 3 rings (SSSR count). The highest BCUT2D eigenvalue weighted by Gasteiger charge is 2.18. The van der Waals surface area contributed by atoms with Crippen molar-refractivity contribution in [1.82, 2.24) is 4.98 Å². The van der Waals surface area contributed by atoms with Gasteiger partial charge in [-0.15, -0.1) is 0 Å². The standard InChI is InChI=1S/C15H11ClN2O2S/c16-12-7-1-2-9-14(12)21(19,20)18-13-8-3-5-11-6-4-10-17-15(11)13/h1-10,18H. The lowest BCUT2D eigenvalue weighted by Crippen LogP contribution is -2.13. The second kappa shape index (κ2) is 5.35. The van der Waals surface area contributed by atoms with Crippen LogP contribution in [0.15, 0.2) is 65.7 Å². The molecule has 0 atom stereocenters. The van der Waals surface area contributed by atoms with E-state index in [4.69, 9.17) is 11.6 Å². The van der Waals surface area contributed by atoms with Crippen molar-refractivity contribution in [2.24, 2.45) is 0 Å². The smallest absolute Gasteiger partial charge is 0.263 e. The normalized spacial score (nSPS) is 11.5. The summed E-state index contributed by atoms with van der Waals surface area (Å²) in [7, 11) is -3.76. The molecule has 1 N–H and O–H groups in total. The van der Waals surface area contributed by atoms with E-state index >= 15 is 0 Å². The van der Waals surface area contributed by atoms with Crippen LogP contribution in [0.25, 0.3) is 10.9 Å². The highest BCUT2D eigenvalue weighted by atomic mass is 35.5. The third-order valence-electron chi connectivity index (χ3n) is 3.00. The second-order valence-electron chi connectivity index (χ2n) is 4.42. The minimum absolute atomic E-state index is 0.0413. The van der Waals surface area contributed by atoms with Gasteiger partial charge < -0.3 is 0 Å². The van der Waals surface area contributed by atoms with Crippen molar-refractivity contribution < 1.29 is 8.42 Å². The Morgan fingerprint density at radius 2 is 1.71 bits per heavy atom. The number of halogens is 1. The first kappa shape index (κ1) is 13.9. The van der Waals surface area contributed by atoms with Gasteiger partial charge in [0, 0.05) is 11.6 Å². The lowest BCUT2D eigenvalue weighted by molar-refractivity contribution is 0.601. The summed E-state index contributed by atoms with van der Waals surface area (Å²) >= 11 is 5.96. The Kier molecular flexibility index (Phi) is 3.53. The molecule has 0 bridgehead atoms. The molecule has 0 saturated carbocycles. The molecule has 3 aromatic rings. The summed E-state index contributed by atoms with van der Waals surface area (Å²) in [4.78, 5) is 4.26. The summed E-state index contributed by atoms with van der Waals surface area (Å²) in [5, 5.41) is 1.04. The molecular weight excluding hydrogens is 308 g/mol. The van der Waals surface area contributed by atoms with E-state index in [1.165, 1.54) is 12.1 Å². The largest absolute Gasteiger partial charge is 0.277 e. The lowest BCUT2D eigenvalue weighted by atomic mass is 10.2. The first-order valence-corrected chi connectivity index (χ1v) is 8.05. The predicted molar refractivity (Wildman–Crippen MR) is 84.0 cm³/mol. The van der Waals surface area contributed by atoms with E-state index in [0.717, 1.165) is 5.39 Å². The third kappa shape index (κ3) is 2.70. The molecule has 4 nitrogen and oxygen atoms in total. The average Bonchev–Trinajstić information content (AvgIpc) is 2.47. The number of pyridine rings is 1. The maximum Gasteiger partial charge on any atom is 0.263 e. The topological polar surface area (TPSA) is 59.1 Å². The van der Waals surface area contributed by atoms with Gasteiger partial charge in [-0.05, 0) is 24.3 Å². The average molecular weight is 319 g/mol. The van der Waals surface area contributed by atoms with E-state index in [1.54, 1.807) is 36.5 Å². The number of nitrogens with one attached hydrogen (secondary N) is 1. The zero-order valence-electron chi connectivity index (χ0n) is 10.8. The van der Waals surface area contributed by atoms with Gasteiger partial charge in [0.2, 0.25) is 0 Å². The van der Waals surface area contributed by atoms with Crippen LogP contribution < -0.4 is 4.72 Å². The van der Waals surface area contributed by atoms with Crippen LogP contribution >= 0.6 is 11.6 Å². The Bertz CT molecular complexity index is 905. The zero-order valence-corrected chi connectivity index (χ0v) is 12.4. The highest BCUT2D eigenvalue weighted by molar-refractivity contribution is 7.92. The zero-order chi connectivity index (χ0) is 14.9.